The molecule has 2 heterocycles. The Hall–Kier alpha value is -2.15. The molecule has 6 nitrogen and oxygen atoms in total. The van der Waals surface area contributed by atoms with Gasteiger partial charge in [0.05, 0.1) is 0 Å². The lowest BCUT2D eigenvalue weighted by Crippen LogP contribution is -2.27. The highest BCUT2D eigenvalue weighted by Crippen LogP contribution is 2.17. The van der Waals surface area contributed by atoms with Crippen LogP contribution in [-0.2, 0) is 10.0 Å². The van der Waals surface area contributed by atoms with Gasteiger partial charge in [-0.05, 0) is 18.2 Å². The first-order valence-corrected chi connectivity index (χ1v) is 6.54. The number of hydrogen-bond donors (Lipinski definition) is 1. The van der Waals surface area contributed by atoms with Crippen molar-refractivity contribution in [1.29, 1.82) is 0 Å². The number of nitrogens with zero attached hydrogens (tertiary/aromatic N) is 2. The largest absolute Gasteiger partial charge is 0.328 e. The third kappa shape index (κ3) is 2.25. The van der Waals surface area contributed by atoms with Gasteiger partial charge in [0, 0.05) is 25.5 Å². The van der Waals surface area contributed by atoms with E-state index in [1.54, 1.807) is 18.2 Å². The summed E-state index contributed by atoms with van der Waals surface area (Å²) in [7, 11) is -2.30. The Labute approximate surface area is 104 Å². The summed E-state index contributed by atoms with van der Waals surface area (Å²) >= 11 is 0. The van der Waals surface area contributed by atoms with Crippen molar-refractivity contribution in [1.82, 2.24) is 9.97 Å². The lowest BCUT2D eigenvalue weighted by Gasteiger charge is -2.17. The molecule has 0 radical (unpaired) electrons. The first-order valence-electron chi connectivity index (χ1n) is 5.10. The minimum absolute atomic E-state index is 0.00949. The van der Waals surface area contributed by atoms with E-state index in [-0.39, 0.29) is 10.5 Å². The van der Waals surface area contributed by atoms with Crippen LogP contribution in [0, 0.1) is 0 Å². The first-order chi connectivity index (χ1) is 8.51. The molecule has 0 amide bonds. The molecule has 18 heavy (non-hydrogen) atoms. The van der Waals surface area contributed by atoms with Crippen molar-refractivity contribution in [2.24, 2.45) is 0 Å². The fourth-order valence-electron chi connectivity index (χ4n) is 1.38. The van der Waals surface area contributed by atoms with Crippen molar-refractivity contribution >= 4 is 15.8 Å². The molecule has 2 aromatic heterocycles. The standard InChI is InChI=1S/C11H11N3O3S/c1-14(10-4-2-3-7-12-10)18(16,17)9-5-6-11(15)13-8-9/h2-8H,1H3,(H,13,15). The van der Waals surface area contributed by atoms with Crippen LogP contribution in [0.1, 0.15) is 0 Å². The van der Waals surface area contributed by atoms with Gasteiger partial charge in [-0.25, -0.2) is 13.4 Å². The van der Waals surface area contributed by atoms with Crippen LogP contribution < -0.4 is 9.86 Å². The quantitative estimate of drug-likeness (QED) is 0.880. The fraction of sp³-hybridized carbons (Fsp3) is 0.0909. The molecular weight excluding hydrogens is 254 g/mol. The van der Waals surface area contributed by atoms with Gasteiger partial charge in [0.2, 0.25) is 5.56 Å². The van der Waals surface area contributed by atoms with Gasteiger partial charge in [-0.3, -0.25) is 9.10 Å². The molecule has 0 saturated carbocycles. The number of hydrogen-bond acceptors (Lipinski definition) is 4. The maximum atomic E-state index is 12.2. The average molecular weight is 265 g/mol. The highest BCUT2D eigenvalue weighted by atomic mass is 32.2. The molecule has 0 unspecified atom stereocenters. The summed E-state index contributed by atoms with van der Waals surface area (Å²) in [6.45, 7) is 0. The van der Waals surface area contributed by atoms with Gasteiger partial charge in [-0.1, -0.05) is 6.07 Å². The molecule has 0 aromatic carbocycles. The molecule has 94 valence electrons. The van der Waals surface area contributed by atoms with Crippen molar-refractivity contribution in [2.75, 3.05) is 11.4 Å². The topological polar surface area (TPSA) is 83.1 Å². The number of H-pyrrole nitrogens is 1. The summed E-state index contributed by atoms with van der Waals surface area (Å²) in [6.07, 6.45) is 2.67. The van der Waals surface area contributed by atoms with Crippen LogP contribution in [0.3, 0.4) is 0 Å². The summed E-state index contributed by atoms with van der Waals surface area (Å²) in [5.41, 5.74) is -0.352. The van der Waals surface area contributed by atoms with E-state index in [0.29, 0.717) is 5.82 Å². The summed E-state index contributed by atoms with van der Waals surface area (Å²) in [6, 6.07) is 7.40. The normalized spacial score (nSPS) is 11.2. The van der Waals surface area contributed by atoms with Crippen molar-refractivity contribution < 1.29 is 8.42 Å². The maximum Gasteiger partial charge on any atom is 0.266 e. The lowest BCUT2D eigenvalue weighted by atomic mass is 10.5. The number of aromatic nitrogens is 2. The van der Waals surface area contributed by atoms with Crippen molar-refractivity contribution in [3.63, 3.8) is 0 Å². The Morgan fingerprint density at radius 1 is 1.22 bits per heavy atom. The Bertz CT molecular complexity index is 674. The van der Waals surface area contributed by atoms with Crippen LogP contribution in [0.4, 0.5) is 5.82 Å². The predicted octanol–water partition coefficient (Wildman–Crippen LogP) is 0.595. The van der Waals surface area contributed by atoms with E-state index in [1.165, 1.54) is 25.4 Å². The zero-order valence-electron chi connectivity index (χ0n) is 9.57. The highest BCUT2D eigenvalue weighted by molar-refractivity contribution is 7.92. The summed E-state index contributed by atoms with van der Waals surface area (Å²) in [5, 5.41) is 0. The number of aromatic amines is 1. The summed E-state index contributed by atoms with van der Waals surface area (Å²) < 4.78 is 25.5. The maximum absolute atomic E-state index is 12.2. The highest BCUT2D eigenvalue weighted by Gasteiger charge is 2.21. The number of sulfonamides is 1. The zero-order chi connectivity index (χ0) is 13.2. The molecule has 0 aliphatic rings. The summed E-state index contributed by atoms with van der Waals surface area (Å²) in [5.74, 6) is 0.309. The Balaban J connectivity index is 2.43. The van der Waals surface area contributed by atoms with E-state index in [4.69, 9.17) is 0 Å². The van der Waals surface area contributed by atoms with Gasteiger partial charge in [0.15, 0.2) is 0 Å². The number of rotatable bonds is 3. The third-order valence-electron chi connectivity index (χ3n) is 2.39. The van der Waals surface area contributed by atoms with Gasteiger partial charge in [0.25, 0.3) is 10.0 Å². The minimum atomic E-state index is -3.71. The molecule has 0 spiro atoms. The molecular formula is C11H11N3O3S. The van der Waals surface area contributed by atoms with Crippen molar-refractivity contribution in [3.05, 3.63) is 53.1 Å². The Morgan fingerprint density at radius 3 is 2.56 bits per heavy atom. The van der Waals surface area contributed by atoms with Crippen LogP contribution in [-0.4, -0.2) is 25.4 Å². The van der Waals surface area contributed by atoms with Gasteiger partial charge in [0.1, 0.15) is 10.7 Å². The van der Waals surface area contributed by atoms with E-state index in [1.807, 2.05) is 0 Å². The molecule has 1 N–H and O–H groups in total. The number of nitrogens with one attached hydrogen (secondary N) is 1. The van der Waals surface area contributed by atoms with Gasteiger partial charge >= 0.3 is 0 Å². The second-order valence-electron chi connectivity index (χ2n) is 3.55. The van der Waals surface area contributed by atoms with Gasteiger partial charge in [-0.2, -0.15) is 0 Å². The molecule has 0 aliphatic carbocycles. The van der Waals surface area contributed by atoms with Gasteiger partial charge in [-0.15, -0.1) is 0 Å². The Kier molecular flexibility index (Phi) is 3.15. The molecule has 2 rings (SSSR count). The molecule has 0 aliphatic heterocycles. The smallest absolute Gasteiger partial charge is 0.266 e. The predicted molar refractivity (Wildman–Crippen MR) is 66.9 cm³/mol. The van der Waals surface area contributed by atoms with E-state index >= 15 is 0 Å². The third-order valence-corrected chi connectivity index (χ3v) is 4.14. The van der Waals surface area contributed by atoms with E-state index in [9.17, 15) is 13.2 Å². The van der Waals surface area contributed by atoms with Crippen molar-refractivity contribution in [2.45, 2.75) is 4.90 Å². The second-order valence-corrected chi connectivity index (χ2v) is 5.52. The lowest BCUT2D eigenvalue weighted by molar-refractivity contribution is 0.593. The van der Waals surface area contributed by atoms with Crippen LogP contribution in [0.5, 0.6) is 0 Å². The van der Waals surface area contributed by atoms with Gasteiger partial charge < -0.3 is 4.98 Å². The molecule has 0 bridgehead atoms. The summed E-state index contributed by atoms with van der Waals surface area (Å²) in [4.78, 5) is 17.2. The number of anilines is 1. The van der Waals surface area contributed by atoms with Crippen LogP contribution in [0.25, 0.3) is 0 Å². The molecule has 0 fully saturated rings. The zero-order valence-corrected chi connectivity index (χ0v) is 10.4. The van der Waals surface area contributed by atoms with Crippen molar-refractivity contribution in [3.8, 4) is 0 Å². The SMILES string of the molecule is CN(c1ccccn1)S(=O)(=O)c1ccc(=O)[nH]c1. The molecule has 2 aromatic rings. The Morgan fingerprint density at radius 2 is 2.00 bits per heavy atom. The second kappa shape index (κ2) is 4.61. The fourth-order valence-corrected chi connectivity index (χ4v) is 2.50. The van der Waals surface area contributed by atoms with Crippen LogP contribution >= 0.6 is 0 Å². The monoisotopic (exact) mass is 265 g/mol. The average Bonchev–Trinajstić information content (AvgIpc) is 2.39. The van der Waals surface area contributed by atoms with E-state index in [2.05, 4.69) is 9.97 Å². The molecule has 7 heteroatoms. The van der Waals surface area contributed by atoms with E-state index in [0.717, 1.165) is 10.5 Å². The van der Waals surface area contributed by atoms with Crippen LogP contribution in [0.2, 0.25) is 0 Å². The number of pyridine rings is 2. The minimum Gasteiger partial charge on any atom is -0.328 e. The van der Waals surface area contributed by atoms with Crippen LogP contribution in [0.15, 0.2) is 52.4 Å². The first kappa shape index (κ1) is 12.3. The molecule has 0 saturated heterocycles. The molecule has 0 atom stereocenters. The van der Waals surface area contributed by atoms with E-state index < -0.39 is 10.0 Å².